The van der Waals surface area contributed by atoms with Gasteiger partial charge in [-0.3, -0.25) is 9.59 Å². The number of hydrogen-bond donors (Lipinski definition) is 0. The maximum atomic E-state index is 13.2. The molecule has 0 aliphatic carbocycles. The maximum absolute atomic E-state index is 13.2. The van der Waals surface area contributed by atoms with E-state index in [4.69, 9.17) is 11.6 Å². The second kappa shape index (κ2) is 7.70. The van der Waals surface area contributed by atoms with Gasteiger partial charge in [-0.1, -0.05) is 41.9 Å². The molecule has 2 aromatic rings. The van der Waals surface area contributed by atoms with Crippen LogP contribution in [0.4, 0.5) is 0 Å². The van der Waals surface area contributed by atoms with Crippen LogP contribution in [0.5, 0.6) is 0 Å². The Hall–Kier alpha value is -2.33. The summed E-state index contributed by atoms with van der Waals surface area (Å²) in [4.78, 5) is 26.2. The molecule has 0 saturated carbocycles. The largest absolute Gasteiger partial charge is 0.274 e. The Bertz CT molecular complexity index is 754. The number of carbonyl (C=O) groups excluding carboxylic acids is 2. The Morgan fingerprint density at radius 1 is 0.920 bits per heavy atom. The molecular formula is C20H23ClN2O2. The molecule has 2 amide bonds. The van der Waals surface area contributed by atoms with Gasteiger partial charge in [-0.15, -0.1) is 0 Å². The third-order valence-corrected chi connectivity index (χ3v) is 4.06. The first-order valence-electron chi connectivity index (χ1n) is 8.23. The van der Waals surface area contributed by atoms with Gasteiger partial charge >= 0.3 is 0 Å². The van der Waals surface area contributed by atoms with Crippen LogP contribution in [0.25, 0.3) is 0 Å². The lowest BCUT2D eigenvalue weighted by Gasteiger charge is -2.43. The summed E-state index contributed by atoms with van der Waals surface area (Å²) in [6, 6.07) is 15.8. The molecule has 132 valence electrons. The fraction of sp³-hybridized carbons (Fsp3) is 0.300. The van der Waals surface area contributed by atoms with Crippen LogP contribution >= 0.6 is 11.6 Å². The van der Waals surface area contributed by atoms with Gasteiger partial charge < -0.3 is 0 Å². The monoisotopic (exact) mass is 358 g/mol. The first-order valence-corrected chi connectivity index (χ1v) is 8.61. The minimum Gasteiger partial charge on any atom is -0.267 e. The van der Waals surface area contributed by atoms with Crippen molar-refractivity contribution in [3.63, 3.8) is 0 Å². The lowest BCUT2D eigenvalue weighted by molar-refractivity contribution is -0.0410. The third-order valence-electron chi connectivity index (χ3n) is 3.73. The van der Waals surface area contributed by atoms with E-state index in [9.17, 15) is 9.59 Å². The number of amides is 2. The fourth-order valence-electron chi connectivity index (χ4n) is 2.63. The normalized spacial score (nSPS) is 11.1. The fourth-order valence-corrected chi connectivity index (χ4v) is 2.85. The highest BCUT2D eigenvalue weighted by Crippen LogP contribution is 2.25. The third kappa shape index (κ3) is 4.20. The van der Waals surface area contributed by atoms with Gasteiger partial charge in [0.25, 0.3) is 11.8 Å². The number of hydrazine groups is 1. The van der Waals surface area contributed by atoms with E-state index in [1.165, 1.54) is 10.0 Å². The van der Waals surface area contributed by atoms with Crippen LogP contribution in [0.3, 0.4) is 0 Å². The van der Waals surface area contributed by atoms with E-state index in [0.29, 0.717) is 22.7 Å². The summed E-state index contributed by atoms with van der Waals surface area (Å²) in [7, 11) is 0. The summed E-state index contributed by atoms with van der Waals surface area (Å²) in [6.45, 7) is 7.88. The van der Waals surface area contributed by atoms with E-state index in [-0.39, 0.29) is 11.8 Å². The molecule has 0 saturated heterocycles. The average molecular weight is 359 g/mol. The molecule has 0 aromatic heterocycles. The second-order valence-electron chi connectivity index (χ2n) is 6.65. The molecule has 0 bridgehead atoms. The van der Waals surface area contributed by atoms with Crippen LogP contribution in [0.15, 0.2) is 54.6 Å². The van der Waals surface area contributed by atoms with Crippen molar-refractivity contribution in [1.29, 1.82) is 0 Å². The molecule has 0 spiro atoms. The number of rotatable bonds is 3. The van der Waals surface area contributed by atoms with Crippen LogP contribution < -0.4 is 0 Å². The van der Waals surface area contributed by atoms with Crippen molar-refractivity contribution in [3.05, 3.63) is 70.7 Å². The van der Waals surface area contributed by atoms with Crippen LogP contribution in [0.2, 0.25) is 5.02 Å². The van der Waals surface area contributed by atoms with Gasteiger partial charge in [-0.2, -0.15) is 0 Å². The lowest BCUT2D eigenvalue weighted by Crippen LogP contribution is -2.58. The van der Waals surface area contributed by atoms with E-state index in [2.05, 4.69) is 0 Å². The number of nitrogens with zero attached hydrogens (tertiary/aromatic N) is 2. The van der Waals surface area contributed by atoms with Gasteiger partial charge in [-0.05, 0) is 52.0 Å². The van der Waals surface area contributed by atoms with Gasteiger partial charge in [0.05, 0.1) is 16.1 Å². The Labute approximate surface area is 154 Å². The highest BCUT2D eigenvalue weighted by atomic mass is 35.5. The van der Waals surface area contributed by atoms with Gasteiger partial charge in [0.1, 0.15) is 0 Å². The van der Waals surface area contributed by atoms with Crippen molar-refractivity contribution in [2.24, 2.45) is 0 Å². The molecule has 2 rings (SSSR count). The smallest absolute Gasteiger partial charge is 0.267 e. The van der Waals surface area contributed by atoms with Crippen LogP contribution in [0.1, 0.15) is 48.4 Å². The van der Waals surface area contributed by atoms with E-state index in [0.717, 1.165) is 0 Å². The molecule has 4 nitrogen and oxygen atoms in total. The Morgan fingerprint density at radius 2 is 1.48 bits per heavy atom. The highest BCUT2D eigenvalue weighted by Gasteiger charge is 2.35. The zero-order chi connectivity index (χ0) is 18.6. The number of carbonyl (C=O) groups is 2. The molecule has 0 atom stereocenters. The molecule has 0 aliphatic heterocycles. The van der Waals surface area contributed by atoms with Crippen molar-refractivity contribution in [1.82, 2.24) is 10.0 Å². The highest BCUT2D eigenvalue weighted by molar-refractivity contribution is 6.33. The molecule has 0 heterocycles. The zero-order valence-electron chi connectivity index (χ0n) is 15.0. The topological polar surface area (TPSA) is 40.6 Å². The molecule has 2 aromatic carbocycles. The van der Waals surface area contributed by atoms with Crippen molar-refractivity contribution in [2.45, 2.75) is 33.2 Å². The molecular weight excluding hydrogens is 336 g/mol. The van der Waals surface area contributed by atoms with E-state index >= 15 is 0 Å². The Morgan fingerprint density at radius 3 is 2.00 bits per heavy atom. The van der Waals surface area contributed by atoms with E-state index in [1.807, 2.05) is 33.8 Å². The molecule has 0 N–H and O–H groups in total. The molecule has 5 heteroatoms. The SMILES string of the molecule is CCN(C(=O)c1ccccc1)N(C(=O)c1ccccc1Cl)C(C)(C)C. The second-order valence-corrected chi connectivity index (χ2v) is 7.06. The molecule has 0 unspecified atom stereocenters. The standard InChI is InChI=1S/C20H23ClN2O2/c1-5-22(18(24)15-11-7-6-8-12-15)23(20(2,3)4)19(25)16-13-9-10-14-17(16)21/h6-14H,5H2,1-4H3. The van der Waals surface area contributed by atoms with E-state index in [1.54, 1.807) is 48.5 Å². The number of benzene rings is 2. The zero-order valence-corrected chi connectivity index (χ0v) is 15.7. The van der Waals surface area contributed by atoms with Crippen molar-refractivity contribution >= 4 is 23.4 Å². The average Bonchev–Trinajstić information content (AvgIpc) is 2.58. The van der Waals surface area contributed by atoms with Crippen LogP contribution in [-0.2, 0) is 0 Å². The summed E-state index contributed by atoms with van der Waals surface area (Å²) in [6.07, 6.45) is 0. The summed E-state index contributed by atoms with van der Waals surface area (Å²) in [5.41, 5.74) is 0.306. The molecule has 0 radical (unpaired) electrons. The van der Waals surface area contributed by atoms with Crippen molar-refractivity contribution in [3.8, 4) is 0 Å². The molecule has 0 aliphatic rings. The van der Waals surface area contributed by atoms with Gasteiger partial charge in [0, 0.05) is 12.1 Å². The van der Waals surface area contributed by atoms with Gasteiger partial charge in [-0.25, -0.2) is 10.0 Å². The lowest BCUT2D eigenvalue weighted by atomic mass is 10.1. The number of halogens is 1. The van der Waals surface area contributed by atoms with Crippen molar-refractivity contribution in [2.75, 3.05) is 6.54 Å². The minimum absolute atomic E-state index is 0.224. The van der Waals surface area contributed by atoms with E-state index < -0.39 is 5.54 Å². The quantitative estimate of drug-likeness (QED) is 0.749. The predicted octanol–water partition coefficient (Wildman–Crippen LogP) is 4.66. The maximum Gasteiger partial charge on any atom is 0.274 e. The minimum atomic E-state index is -0.600. The summed E-state index contributed by atoms with van der Waals surface area (Å²) in [5.74, 6) is -0.525. The van der Waals surface area contributed by atoms with Crippen molar-refractivity contribution < 1.29 is 9.59 Å². The predicted molar refractivity (Wildman–Crippen MR) is 101 cm³/mol. The first-order chi connectivity index (χ1) is 11.8. The van der Waals surface area contributed by atoms with Crippen LogP contribution in [0, 0.1) is 0 Å². The number of hydrogen-bond acceptors (Lipinski definition) is 2. The van der Waals surface area contributed by atoms with Crippen LogP contribution in [-0.4, -0.2) is 33.9 Å². The van der Waals surface area contributed by atoms with Gasteiger partial charge in [0.15, 0.2) is 0 Å². The Kier molecular flexibility index (Phi) is 5.85. The molecule has 0 fully saturated rings. The van der Waals surface area contributed by atoms with Gasteiger partial charge in [0.2, 0.25) is 0 Å². The first kappa shape index (κ1) is 19.0. The summed E-state index contributed by atoms with van der Waals surface area (Å²) in [5, 5.41) is 3.33. The molecule has 25 heavy (non-hydrogen) atoms. The Balaban J connectivity index is 2.47. The summed E-state index contributed by atoms with van der Waals surface area (Å²) < 4.78 is 0. The summed E-state index contributed by atoms with van der Waals surface area (Å²) >= 11 is 6.21.